The number of nitrogens with zero attached hydrogens (tertiary/aromatic N) is 2. The summed E-state index contributed by atoms with van der Waals surface area (Å²) in [7, 11) is 0. The van der Waals surface area contributed by atoms with Crippen molar-refractivity contribution >= 4 is 5.91 Å². The molecule has 1 saturated heterocycles. The van der Waals surface area contributed by atoms with Gasteiger partial charge in [-0.15, -0.1) is 0 Å². The molecule has 1 fully saturated rings. The van der Waals surface area contributed by atoms with E-state index in [2.05, 4.69) is 4.90 Å². The molecule has 0 unspecified atom stereocenters. The van der Waals surface area contributed by atoms with Gasteiger partial charge in [-0.1, -0.05) is 13.8 Å². The summed E-state index contributed by atoms with van der Waals surface area (Å²) in [6, 6.07) is 1.82. The molecule has 0 bridgehead atoms. The smallest absolute Gasteiger partial charge is 0.257 e. The van der Waals surface area contributed by atoms with E-state index >= 15 is 0 Å². The second kappa shape index (κ2) is 6.84. The van der Waals surface area contributed by atoms with Crippen molar-refractivity contribution in [2.75, 3.05) is 32.7 Å². The lowest BCUT2D eigenvalue weighted by molar-refractivity contribution is -0.0139. The highest BCUT2D eigenvalue weighted by Crippen LogP contribution is 2.20. The average Bonchev–Trinajstić information content (AvgIpc) is 2.86. The zero-order valence-corrected chi connectivity index (χ0v) is 14.2. The summed E-state index contributed by atoms with van der Waals surface area (Å²) in [5.41, 5.74) is 0.0642. The zero-order valence-electron chi connectivity index (χ0n) is 14.2. The van der Waals surface area contributed by atoms with Crippen LogP contribution in [0.2, 0.25) is 0 Å². The molecular formula is C17H28N2O3. The maximum atomic E-state index is 12.5. The first kappa shape index (κ1) is 17.0. The van der Waals surface area contributed by atoms with E-state index in [1.807, 2.05) is 38.7 Å². The number of rotatable bonds is 5. The van der Waals surface area contributed by atoms with E-state index in [9.17, 15) is 9.90 Å². The Labute approximate surface area is 132 Å². The molecule has 1 aromatic heterocycles. The number of β-amino-alcohol motifs (C(OH)–C–C–N with tert-alkyl or cyclic N) is 1. The van der Waals surface area contributed by atoms with Crippen molar-refractivity contribution in [3.63, 3.8) is 0 Å². The van der Waals surface area contributed by atoms with Crippen molar-refractivity contribution in [1.29, 1.82) is 0 Å². The number of hydrogen-bond donors (Lipinski definition) is 1. The Morgan fingerprint density at radius 1 is 1.23 bits per heavy atom. The summed E-state index contributed by atoms with van der Waals surface area (Å²) in [6.45, 7) is 11.4. The van der Waals surface area contributed by atoms with Gasteiger partial charge in [0.15, 0.2) is 0 Å². The molecule has 1 amide bonds. The Kier molecular flexibility index (Phi) is 5.29. The van der Waals surface area contributed by atoms with E-state index in [1.54, 1.807) is 0 Å². The molecule has 0 spiro atoms. The molecule has 0 saturated carbocycles. The van der Waals surface area contributed by atoms with Gasteiger partial charge in [0.2, 0.25) is 0 Å². The monoisotopic (exact) mass is 308 g/mol. The summed E-state index contributed by atoms with van der Waals surface area (Å²) in [5, 5.41) is 10.4. The number of amides is 1. The molecule has 22 heavy (non-hydrogen) atoms. The van der Waals surface area contributed by atoms with Crippen molar-refractivity contribution in [3.8, 4) is 0 Å². The minimum atomic E-state index is -0.607. The van der Waals surface area contributed by atoms with Gasteiger partial charge < -0.3 is 14.4 Å². The number of carbonyl (C=O) groups excluding carboxylic acids is 1. The first-order chi connectivity index (χ1) is 10.4. The zero-order chi connectivity index (χ0) is 16.3. The van der Waals surface area contributed by atoms with Crippen LogP contribution in [0.1, 0.15) is 48.6 Å². The molecule has 1 N–H and O–H groups in total. The molecule has 2 heterocycles. The van der Waals surface area contributed by atoms with Crippen LogP contribution >= 0.6 is 0 Å². The van der Waals surface area contributed by atoms with Crippen LogP contribution in [-0.2, 0) is 0 Å². The number of carbonyl (C=O) groups is 1. The van der Waals surface area contributed by atoms with Crippen molar-refractivity contribution in [2.45, 2.75) is 46.1 Å². The number of furan rings is 1. The topological polar surface area (TPSA) is 56.9 Å². The highest BCUT2D eigenvalue weighted by Gasteiger charge is 2.29. The van der Waals surface area contributed by atoms with Crippen molar-refractivity contribution in [1.82, 2.24) is 9.80 Å². The van der Waals surface area contributed by atoms with Crippen LogP contribution < -0.4 is 0 Å². The molecule has 1 aliphatic rings. The number of aliphatic hydroxyl groups is 1. The van der Waals surface area contributed by atoms with Crippen LogP contribution in [0.5, 0.6) is 0 Å². The van der Waals surface area contributed by atoms with Crippen molar-refractivity contribution in [2.24, 2.45) is 0 Å². The Hall–Kier alpha value is -1.33. The fourth-order valence-electron chi connectivity index (χ4n) is 3.01. The van der Waals surface area contributed by atoms with Crippen LogP contribution in [-0.4, -0.2) is 59.1 Å². The summed E-state index contributed by atoms with van der Waals surface area (Å²) >= 11 is 0. The molecule has 1 aromatic rings. The molecule has 124 valence electrons. The Morgan fingerprint density at radius 2 is 1.82 bits per heavy atom. The third-order valence-corrected chi connectivity index (χ3v) is 4.77. The highest BCUT2D eigenvalue weighted by molar-refractivity contribution is 5.95. The average molecular weight is 308 g/mol. The molecule has 0 aromatic carbocycles. The normalized spacial score (nSPS) is 17.0. The number of aryl methyl sites for hydroxylation is 2. The Morgan fingerprint density at radius 3 is 2.27 bits per heavy atom. The lowest BCUT2D eigenvalue weighted by Crippen LogP contribution is -2.53. The summed E-state index contributed by atoms with van der Waals surface area (Å²) in [4.78, 5) is 16.7. The van der Waals surface area contributed by atoms with E-state index in [1.165, 1.54) is 0 Å². The van der Waals surface area contributed by atoms with Gasteiger partial charge in [0.1, 0.15) is 11.5 Å². The lowest BCUT2D eigenvalue weighted by atomic mass is 9.96. The summed E-state index contributed by atoms with van der Waals surface area (Å²) in [6.07, 6.45) is 1.52. The lowest BCUT2D eigenvalue weighted by Gasteiger charge is -2.39. The minimum Gasteiger partial charge on any atom is -0.466 e. The molecule has 5 nitrogen and oxygen atoms in total. The van der Waals surface area contributed by atoms with E-state index in [0.717, 1.165) is 31.7 Å². The van der Waals surface area contributed by atoms with E-state index in [0.29, 0.717) is 31.0 Å². The van der Waals surface area contributed by atoms with E-state index in [-0.39, 0.29) is 5.91 Å². The van der Waals surface area contributed by atoms with Gasteiger partial charge in [-0.25, -0.2) is 0 Å². The predicted molar refractivity (Wildman–Crippen MR) is 86.1 cm³/mol. The standard InChI is InChI=1S/C17H28N2O3/c1-5-17(21,6-2)12-18-7-9-19(10-8-18)16(20)15-11-13(3)22-14(15)4/h11,21H,5-10,12H2,1-4H3. The second-order valence-corrected chi connectivity index (χ2v) is 6.33. The molecule has 2 rings (SSSR count). The molecule has 0 atom stereocenters. The van der Waals surface area contributed by atoms with Crippen LogP contribution in [0.4, 0.5) is 0 Å². The van der Waals surface area contributed by atoms with Crippen LogP contribution in [0.3, 0.4) is 0 Å². The van der Waals surface area contributed by atoms with Crippen molar-refractivity contribution < 1.29 is 14.3 Å². The van der Waals surface area contributed by atoms with Gasteiger partial charge >= 0.3 is 0 Å². The highest BCUT2D eigenvalue weighted by atomic mass is 16.3. The summed E-state index contributed by atoms with van der Waals surface area (Å²) in [5.74, 6) is 1.52. The Balaban J connectivity index is 1.92. The predicted octanol–water partition coefficient (Wildman–Crippen LogP) is 2.21. The molecule has 1 aliphatic heterocycles. The third-order valence-electron chi connectivity index (χ3n) is 4.77. The van der Waals surface area contributed by atoms with E-state index < -0.39 is 5.60 Å². The minimum absolute atomic E-state index is 0.0512. The van der Waals surface area contributed by atoms with Gasteiger partial charge in [0.05, 0.1) is 11.2 Å². The second-order valence-electron chi connectivity index (χ2n) is 6.33. The number of hydrogen-bond acceptors (Lipinski definition) is 4. The molecule has 5 heteroatoms. The molecule has 0 aliphatic carbocycles. The number of piperazine rings is 1. The SMILES string of the molecule is CCC(O)(CC)CN1CCN(C(=O)c2cc(C)oc2C)CC1. The molecule has 0 radical (unpaired) electrons. The maximum absolute atomic E-state index is 12.5. The Bertz CT molecular complexity index is 512. The van der Waals surface area contributed by atoms with Crippen LogP contribution in [0, 0.1) is 13.8 Å². The fraction of sp³-hybridized carbons (Fsp3) is 0.706. The fourth-order valence-corrected chi connectivity index (χ4v) is 3.01. The first-order valence-corrected chi connectivity index (χ1v) is 8.19. The largest absolute Gasteiger partial charge is 0.466 e. The quantitative estimate of drug-likeness (QED) is 0.906. The van der Waals surface area contributed by atoms with Crippen LogP contribution in [0.25, 0.3) is 0 Å². The molecular weight excluding hydrogens is 280 g/mol. The van der Waals surface area contributed by atoms with Gasteiger partial charge in [0, 0.05) is 32.7 Å². The first-order valence-electron chi connectivity index (χ1n) is 8.19. The van der Waals surface area contributed by atoms with Gasteiger partial charge in [-0.3, -0.25) is 9.69 Å². The van der Waals surface area contributed by atoms with Gasteiger partial charge in [-0.2, -0.15) is 0 Å². The van der Waals surface area contributed by atoms with E-state index in [4.69, 9.17) is 4.42 Å². The summed E-state index contributed by atoms with van der Waals surface area (Å²) < 4.78 is 5.45. The van der Waals surface area contributed by atoms with Gasteiger partial charge in [0.25, 0.3) is 5.91 Å². The van der Waals surface area contributed by atoms with Crippen molar-refractivity contribution in [3.05, 3.63) is 23.2 Å². The third kappa shape index (κ3) is 3.70. The van der Waals surface area contributed by atoms with Crippen LogP contribution in [0.15, 0.2) is 10.5 Å². The van der Waals surface area contributed by atoms with Gasteiger partial charge in [-0.05, 0) is 32.8 Å². The maximum Gasteiger partial charge on any atom is 0.257 e.